The van der Waals surface area contributed by atoms with E-state index in [9.17, 15) is 9.59 Å². The van der Waals surface area contributed by atoms with Crippen LogP contribution in [0.2, 0.25) is 0 Å². The van der Waals surface area contributed by atoms with Crippen LogP contribution in [0.4, 0.5) is 0 Å². The molecule has 4 N–H and O–H groups in total. The molecule has 6 heteroatoms. The van der Waals surface area contributed by atoms with Gasteiger partial charge in [0.15, 0.2) is 0 Å². The van der Waals surface area contributed by atoms with Crippen molar-refractivity contribution in [2.24, 2.45) is 5.73 Å². The third-order valence-electron chi connectivity index (χ3n) is 3.76. The van der Waals surface area contributed by atoms with E-state index in [2.05, 4.69) is 10.6 Å². The number of amides is 2. The molecule has 0 spiro atoms. The molecule has 110 valence electrons. The zero-order valence-corrected chi connectivity index (χ0v) is 12.1. The minimum Gasteiger partial charge on any atom is -0.354 e. The number of hydrogen-bond acceptors (Lipinski definition) is 3. The molecule has 19 heavy (non-hydrogen) atoms. The Morgan fingerprint density at radius 1 is 1.21 bits per heavy atom. The highest BCUT2D eigenvalue weighted by Crippen LogP contribution is 2.27. The summed E-state index contributed by atoms with van der Waals surface area (Å²) in [5.41, 5.74) is 5.37. The highest BCUT2D eigenvalue weighted by molar-refractivity contribution is 5.86. The first-order valence-electron chi connectivity index (χ1n) is 6.97. The van der Waals surface area contributed by atoms with Crippen LogP contribution in [-0.4, -0.2) is 29.9 Å². The number of nitrogens with two attached hydrogens (primary N) is 1. The minimum atomic E-state index is -0.656. The molecule has 2 rings (SSSR count). The SMILES string of the molecule is Cl.NC1(C(=O)NCCCC(=O)NC2CC2)CCCC1. The van der Waals surface area contributed by atoms with Gasteiger partial charge in [0.25, 0.3) is 0 Å². The summed E-state index contributed by atoms with van der Waals surface area (Å²) in [6.07, 6.45) is 7.01. The smallest absolute Gasteiger partial charge is 0.240 e. The van der Waals surface area contributed by atoms with Crippen LogP contribution in [0.25, 0.3) is 0 Å². The molecule has 0 aromatic carbocycles. The highest BCUT2D eigenvalue weighted by atomic mass is 35.5. The lowest BCUT2D eigenvalue weighted by Gasteiger charge is -2.22. The molecule has 2 aliphatic rings. The van der Waals surface area contributed by atoms with Crippen molar-refractivity contribution in [3.05, 3.63) is 0 Å². The molecule has 0 unspecified atom stereocenters. The number of carbonyl (C=O) groups excluding carboxylic acids is 2. The maximum Gasteiger partial charge on any atom is 0.240 e. The van der Waals surface area contributed by atoms with E-state index in [0.717, 1.165) is 38.5 Å². The third kappa shape index (κ3) is 4.99. The van der Waals surface area contributed by atoms with E-state index in [1.165, 1.54) is 0 Å². The van der Waals surface area contributed by atoms with Crippen molar-refractivity contribution in [3.8, 4) is 0 Å². The van der Waals surface area contributed by atoms with Crippen LogP contribution >= 0.6 is 12.4 Å². The first-order valence-corrected chi connectivity index (χ1v) is 6.97. The topological polar surface area (TPSA) is 84.2 Å². The second kappa shape index (κ2) is 7.10. The molecule has 5 nitrogen and oxygen atoms in total. The Kier molecular flexibility index (Phi) is 6.07. The summed E-state index contributed by atoms with van der Waals surface area (Å²) in [5, 5.41) is 5.77. The fourth-order valence-corrected chi connectivity index (χ4v) is 2.39. The number of carbonyl (C=O) groups is 2. The van der Waals surface area contributed by atoms with Crippen molar-refractivity contribution in [1.82, 2.24) is 10.6 Å². The van der Waals surface area contributed by atoms with Crippen LogP contribution in [0.15, 0.2) is 0 Å². The molecule has 0 aliphatic heterocycles. The molecule has 0 aromatic rings. The van der Waals surface area contributed by atoms with Gasteiger partial charge in [-0.2, -0.15) is 0 Å². The Bertz CT molecular complexity index is 326. The van der Waals surface area contributed by atoms with Crippen molar-refractivity contribution in [3.63, 3.8) is 0 Å². The Morgan fingerprint density at radius 3 is 2.42 bits per heavy atom. The second-order valence-corrected chi connectivity index (χ2v) is 5.56. The van der Waals surface area contributed by atoms with Gasteiger partial charge in [0.1, 0.15) is 0 Å². The minimum absolute atomic E-state index is 0. The molecular formula is C13H24ClN3O2. The molecule has 2 aliphatic carbocycles. The average Bonchev–Trinajstić information content (AvgIpc) is 3.03. The predicted octanol–water partition coefficient (Wildman–Crippen LogP) is 0.855. The number of halogens is 1. The number of hydrogen-bond donors (Lipinski definition) is 3. The predicted molar refractivity (Wildman–Crippen MR) is 76.0 cm³/mol. The van der Waals surface area contributed by atoms with Crippen molar-refractivity contribution in [1.29, 1.82) is 0 Å². The van der Waals surface area contributed by atoms with Gasteiger partial charge in [0.2, 0.25) is 11.8 Å². The lowest BCUT2D eigenvalue weighted by Crippen LogP contribution is -2.52. The molecule has 2 saturated carbocycles. The largest absolute Gasteiger partial charge is 0.354 e. The van der Waals surface area contributed by atoms with Gasteiger partial charge in [0.05, 0.1) is 5.54 Å². The molecule has 0 atom stereocenters. The summed E-state index contributed by atoms with van der Waals surface area (Å²) in [6, 6.07) is 0.415. The maximum absolute atomic E-state index is 11.9. The van der Waals surface area contributed by atoms with Gasteiger partial charge in [-0.05, 0) is 32.1 Å². The normalized spacial score (nSPS) is 20.5. The molecular weight excluding hydrogens is 266 g/mol. The van der Waals surface area contributed by atoms with Gasteiger partial charge in [-0.25, -0.2) is 0 Å². The monoisotopic (exact) mass is 289 g/mol. The molecule has 2 amide bonds. The molecule has 0 bridgehead atoms. The van der Waals surface area contributed by atoms with Gasteiger partial charge in [0, 0.05) is 19.0 Å². The fraction of sp³-hybridized carbons (Fsp3) is 0.846. The molecule has 0 saturated heterocycles. The molecule has 2 fully saturated rings. The Labute approximate surface area is 120 Å². The van der Waals surface area contributed by atoms with Gasteiger partial charge in [-0.15, -0.1) is 12.4 Å². The van der Waals surface area contributed by atoms with E-state index in [1.807, 2.05) is 0 Å². The van der Waals surface area contributed by atoms with Crippen molar-refractivity contribution in [2.75, 3.05) is 6.54 Å². The van der Waals surface area contributed by atoms with E-state index < -0.39 is 5.54 Å². The van der Waals surface area contributed by atoms with Crippen LogP contribution in [0.3, 0.4) is 0 Å². The third-order valence-corrected chi connectivity index (χ3v) is 3.76. The quantitative estimate of drug-likeness (QED) is 0.634. The molecule has 0 aromatic heterocycles. The van der Waals surface area contributed by atoms with Crippen LogP contribution in [0.1, 0.15) is 51.4 Å². The first-order chi connectivity index (χ1) is 8.60. The highest BCUT2D eigenvalue weighted by Gasteiger charge is 2.36. The van der Waals surface area contributed by atoms with Crippen LogP contribution in [0.5, 0.6) is 0 Å². The summed E-state index contributed by atoms with van der Waals surface area (Å²) < 4.78 is 0. The van der Waals surface area contributed by atoms with Gasteiger partial charge in [-0.3, -0.25) is 9.59 Å². The van der Waals surface area contributed by atoms with E-state index in [-0.39, 0.29) is 24.2 Å². The maximum atomic E-state index is 11.9. The van der Waals surface area contributed by atoms with Crippen molar-refractivity contribution in [2.45, 2.75) is 62.9 Å². The van der Waals surface area contributed by atoms with Crippen molar-refractivity contribution < 1.29 is 9.59 Å². The number of rotatable bonds is 6. The standard InChI is InChI=1S/C13H23N3O2.ClH/c14-13(7-1-2-8-13)12(18)15-9-3-4-11(17)16-10-5-6-10;/h10H,1-9,14H2,(H,15,18)(H,16,17);1H. The summed E-state index contributed by atoms with van der Waals surface area (Å²) >= 11 is 0. The Balaban J connectivity index is 0.00000180. The van der Waals surface area contributed by atoms with Crippen LogP contribution in [-0.2, 0) is 9.59 Å². The van der Waals surface area contributed by atoms with Crippen molar-refractivity contribution >= 4 is 24.2 Å². The summed E-state index contributed by atoms with van der Waals surface area (Å²) in [4.78, 5) is 23.3. The van der Waals surface area contributed by atoms with E-state index in [4.69, 9.17) is 5.73 Å². The summed E-state index contributed by atoms with van der Waals surface area (Å²) in [7, 11) is 0. The van der Waals surface area contributed by atoms with E-state index in [0.29, 0.717) is 25.4 Å². The summed E-state index contributed by atoms with van der Waals surface area (Å²) in [6.45, 7) is 0.538. The van der Waals surface area contributed by atoms with Crippen LogP contribution < -0.4 is 16.4 Å². The fourth-order valence-electron chi connectivity index (χ4n) is 2.39. The Morgan fingerprint density at radius 2 is 1.84 bits per heavy atom. The Hall–Kier alpha value is -0.810. The van der Waals surface area contributed by atoms with Crippen LogP contribution in [0, 0.1) is 0 Å². The lowest BCUT2D eigenvalue weighted by atomic mass is 9.98. The summed E-state index contributed by atoms with van der Waals surface area (Å²) in [5.74, 6) is 0.0395. The number of nitrogens with one attached hydrogen (secondary N) is 2. The van der Waals surface area contributed by atoms with Gasteiger partial charge >= 0.3 is 0 Å². The zero-order chi connectivity index (χ0) is 13.0. The van der Waals surface area contributed by atoms with Gasteiger partial charge < -0.3 is 16.4 Å². The van der Waals surface area contributed by atoms with E-state index >= 15 is 0 Å². The molecule has 0 radical (unpaired) electrons. The first kappa shape index (κ1) is 16.2. The zero-order valence-electron chi connectivity index (χ0n) is 11.2. The second-order valence-electron chi connectivity index (χ2n) is 5.56. The van der Waals surface area contributed by atoms with Gasteiger partial charge in [-0.1, -0.05) is 12.8 Å². The molecule has 0 heterocycles. The van der Waals surface area contributed by atoms with E-state index in [1.54, 1.807) is 0 Å². The lowest BCUT2D eigenvalue weighted by molar-refractivity contribution is -0.126. The average molecular weight is 290 g/mol.